The van der Waals surface area contributed by atoms with Gasteiger partial charge in [-0.3, -0.25) is 4.90 Å². The fourth-order valence-electron chi connectivity index (χ4n) is 6.01. The molecule has 2 atom stereocenters. The molecule has 0 unspecified atom stereocenters. The van der Waals surface area contributed by atoms with Crippen molar-refractivity contribution in [2.75, 3.05) is 37.2 Å². The number of hydrogen-bond acceptors (Lipinski definition) is 8. The van der Waals surface area contributed by atoms with Gasteiger partial charge >= 0.3 is 0 Å². The van der Waals surface area contributed by atoms with E-state index in [1.54, 1.807) is 6.33 Å². The van der Waals surface area contributed by atoms with E-state index in [-0.39, 0.29) is 12.1 Å². The van der Waals surface area contributed by atoms with Crippen LogP contribution < -0.4 is 11.1 Å². The van der Waals surface area contributed by atoms with Crippen LogP contribution in [0.2, 0.25) is 0 Å². The Balaban J connectivity index is 1.18. The van der Waals surface area contributed by atoms with Crippen molar-refractivity contribution in [3.63, 3.8) is 0 Å². The van der Waals surface area contributed by atoms with Crippen molar-refractivity contribution in [3.05, 3.63) is 127 Å². The molecule has 1 saturated heterocycles. The number of hydrogen-bond donors (Lipinski definition) is 2. The van der Waals surface area contributed by atoms with Gasteiger partial charge in [-0.2, -0.15) is 0 Å². The van der Waals surface area contributed by atoms with E-state index >= 15 is 0 Å². The first kappa shape index (κ1) is 28.6. The number of fused-ring (bicyclic) bond motifs is 1. The highest BCUT2D eigenvalue weighted by atomic mass is 32.1. The normalized spacial score (nSPS) is 15.2. The van der Waals surface area contributed by atoms with E-state index in [0.29, 0.717) is 23.9 Å². The summed E-state index contributed by atoms with van der Waals surface area (Å²) in [7, 11) is 0. The van der Waals surface area contributed by atoms with E-state index < -0.39 is 0 Å². The summed E-state index contributed by atoms with van der Waals surface area (Å²) in [5.74, 6) is 1.02. The number of rotatable bonds is 8. The van der Waals surface area contributed by atoms with Crippen LogP contribution in [-0.4, -0.2) is 75.6 Å². The van der Waals surface area contributed by atoms with Crippen molar-refractivity contribution in [1.82, 2.24) is 44.3 Å². The van der Waals surface area contributed by atoms with Gasteiger partial charge in [-0.05, 0) is 35.5 Å². The molecule has 0 spiro atoms. The molecule has 0 aliphatic carbocycles. The molecule has 226 valence electrons. The van der Waals surface area contributed by atoms with Crippen molar-refractivity contribution < 1.29 is 0 Å². The molecule has 3 aromatic carbocycles. The first-order chi connectivity index (χ1) is 22.1. The maximum absolute atomic E-state index is 6.01. The molecular formula is C33H33N11S. The summed E-state index contributed by atoms with van der Waals surface area (Å²) < 4.78 is 3.89. The summed E-state index contributed by atoms with van der Waals surface area (Å²) in [5.41, 5.74) is 10.7. The molecule has 3 N–H and O–H groups in total. The molecule has 7 rings (SSSR count). The van der Waals surface area contributed by atoms with E-state index in [0.717, 1.165) is 48.2 Å². The summed E-state index contributed by atoms with van der Waals surface area (Å²) in [4.78, 5) is 17.7. The molecule has 3 aliphatic heterocycles. The molecule has 3 aliphatic rings. The predicted molar refractivity (Wildman–Crippen MR) is 178 cm³/mol. The Kier molecular flexibility index (Phi) is 8.13. The SMILES string of the molecule is Nc1ncn(Cc2cn([C@H](c3ccccc3)[C@H](c3ccccc3)N3CCN(C(=S)Nc4ccccc4)CC3)nn2)c2ncnc1-2. The Labute approximate surface area is 266 Å². The van der Waals surface area contributed by atoms with Crippen LogP contribution in [0.4, 0.5) is 11.5 Å². The smallest absolute Gasteiger partial charge is 0.173 e. The summed E-state index contributed by atoms with van der Waals surface area (Å²) in [6.07, 6.45) is 5.19. The molecule has 1 fully saturated rings. The number of benzene rings is 3. The number of nitrogens with two attached hydrogens (primary N) is 1. The highest BCUT2D eigenvalue weighted by Crippen LogP contribution is 2.37. The first-order valence-electron chi connectivity index (χ1n) is 14.9. The third-order valence-corrected chi connectivity index (χ3v) is 8.57. The quantitative estimate of drug-likeness (QED) is 0.239. The molecule has 4 heterocycles. The molecular weight excluding hydrogens is 583 g/mol. The second-order valence-electron chi connectivity index (χ2n) is 11.0. The number of thiocarbonyl (C=S) groups is 1. The third-order valence-electron chi connectivity index (χ3n) is 8.21. The summed E-state index contributed by atoms with van der Waals surface area (Å²) in [5, 5.41) is 13.4. The highest BCUT2D eigenvalue weighted by Gasteiger charge is 2.35. The van der Waals surface area contributed by atoms with Crippen LogP contribution in [0.25, 0.3) is 11.5 Å². The molecule has 0 saturated carbocycles. The molecule has 0 amide bonds. The fraction of sp³-hybridized carbons (Fsp3) is 0.212. The molecule has 0 radical (unpaired) electrons. The van der Waals surface area contributed by atoms with Crippen molar-refractivity contribution in [3.8, 4) is 11.5 Å². The molecule has 0 bridgehead atoms. The Hall–Kier alpha value is -5.20. The largest absolute Gasteiger partial charge is 0.382 e. The number of piperazine rings is 1. The standard InChI is InChI=1S/C33H33N11S/c34-31-28-32(36-22-35-28)43(23-37-31)20-27-21-44(40-39-27)30(25-12-6-2-7-13-25)29(24-10-4-1-5-11-24)41-16-18-42(19-17-41)33(45)38-26-14-8-3-9-15-26/h1-15,21-23,29-30H,16-20,34H2,(H,38,45)/t29-,30+/m0/s1. The number of nitrogen functional groups attached to an aromatic ring is 1. The number of nitrogens with zero attached hydrogens (tertiary/aromatic N) is 9. The minimum atomic E-state index is -0.135. The van der Waals surface area contributed by atoms with E-state index in [2.05, 4.69) is 89.8 Å². The second-order valence-corrected chi connectivity index (χ2v) is 11.4. The van der Waals surface area contributed by atoms with Crippen molar-refractivity contribution in [1.29, 1.82) is 0 Å². The fourth-order valence-corrected chi connectivity index (χ4v) is 6.31. The van der Waals surface area contributed by atoms with Gasteiger partial charge in [0.05, 0.1) is 31.2 Å². The molecule has 11 nitrogen and oxygen atoms in total. The van der Waals surface area contributed by atoms with Crippen LogP contribution in [0, 0.1) is 0 Å². The summed E-state index contributed by atoms with van der Waals surface area (Å²) in [6.45, 7) is 3.72. The van der Waals surface area contributed by atoms with Crippen LogP contribution in [0.15, 0.2) is 110 Å². The van der Waals surface area contributed by atoms with Gasteiger partial charge in [0.1, 0.15) is 17.7 Å². The zero-order chi connectivity index (χ0) is 30.6. The average Bonchev–Trinajstić information content (AvgIpc) is 3.77. The maximum atomic E-state index is 6.01. The van der Waals surface area contributed by atoms with Gasteiger partial charge in [-0.25, -0.2) is 19.6 Å². The second kappa shape index (κ2) is 12.8. The van der Waals surface area contributed by atoms with Crippen molar-refractivity contribution >= 4 is 28.8 Å². The van der Waals surface area contributed by atoms with Crippen molar-refractivity contribution in [2.24, 2.45) is 0 Å². The number of anilines is 2. The predicted octanol–water partition coefficient (Wildman–Crippen LogP) is 4.35. The Bertz CT molecular complexity index is 1820. The van der Waals surface area contributed by atoms with E-state index in [9.17, 15) is 0 Å². The lowest BCUT2D eigenvalue weighted by Gasteiger charge is -2.43. The number of aromatic nitrogens is 7. The summed E-state index contributed by atoms with van der Waals surface area (Å²) >= 11 is 5.80. The zero-order valence-electron chi connectivity index (χ0n) is 24.6. The molecule has 1 aromatic heterocycles. The third kappa shape index (κ3) is 6.10. The van der Waals surface area contributed by atoms with E-state index in [1.165, 1.54) is 11.9 Å². The van der Waals surface area contributed by atoms with Gasteiger partial charge in [0.25, 0.3) is 0 Å². The van der Waals surface area contributed by atoms with Crippen LogP contribution in [-0.2, 0) is 6.54 Å². The van der Waals surface area contributed by atoms with E-state index in [1.807, 2.05) is 51.8 Å². The number of nitrogens with one attached hydrogen (secondary N) is 1. The van der Waals surface area contributed by atoms with Gasteiger partial charge in [-0.1, -0.05) is 84.1 Å². The lowest BCUT2D eigenvalue weighted by Crippen LogP contribution is -2.52. The van der Waals surface area contributed by atoms with Gasteiger partial charge in [0, 0.05) is 31.9 Å². The minimum absolute atomic E-state index is 0.000514. The monoisotopic (exact) mass is 615 g/mol. The van der Waals surface area contributed by atoms with Gasteiger partial charge in [0.2, 0.25) is 0 Å². The molecule has 45 heavy (non-hydrogen) atoms. The zero-order valence-corrected chi connectivity index (χ0v) is 25.4. The van der Waals surface area contributed by atoms with Crippen LogP contribution in [0.5, 0.6) is 0 Å². The van der Waals surface area contributed by atoms with Gasteiger partial charge in [-0.15, -0.1) is 5.10 Å². The van der Waals surface area contributed by atoms with Crippen LogP contribution in [0.3, 0.4) is 0 Å². The van der Waals surface area contributed by atoms with Crippen LogP contribution >= 0.6 is 12.2 Å². The first-order valence-corrected chi connectivity index (χ1v) is 15.3. The average molecular weight is 616 g/mol. The summed E-state index contributed by atoms with van der Waals surface area (Å²) in [6, 6.07) is 31.1. The number of para-hydroxylation sites is 1. The van der Waals surface area contributed by atoms with Crippen molar-refractivity contribution in [2.45, 2.75) is 18.6 Å². The Morgan fingerprint density at radius 2 is 1.44 bits per heavy atom. The Morgan fingerprint density at radius 1 is 0.800 bits per heavy atom. The highest BCUT2D eigenvalue weighted by molar-refractivity contribution is 7.80. The Morgan fingerprint density at radius 3 is 2.13 bits per heavy atom. The molecule has 4 aromatic rings. The lowest BCUT2D eigenvalue weighted by atomic mass is 9.91. The molecule has 12 heteroatoms. The van der Waals surface area contributed by atoms with Gasteiger partial charge < -0.3 is 20.5 Å². The lowest BCUT2D eigenvalue weighted by molar-refractivity contribution is 0.104. The van der Waals surface area contributed by atoms with E-state index in [4.69, 9.17) is 23.2 Å². The minimum Gasteiger partial charge on any atom is -0.382 e. The van der Waals surface area contributed by atoms with Crippen LogP contribution in [0.1, 0.15) is 28.9 Å². The maximum Gasteiger partial charge on any atom is 0.173 e. The number of imidazole rings is 1. The topological polar surface area (TPSA) is 119 Å². The van der Waals surface area contributed by atoms with Gasteiger partial charge in [0.15, 0.2) is 16.8 Å².